The number of benzene rings is 6. The molecular weight excluding hydrogens is 670 g/mol. The molecule has 6 aromatic carbocycles. The standard InChI is InChI=1S/6C6H5.2Sn/c6*1-2-4-6-5-3-1;;/h6*1-5H;;. The number of rotatable bonds is 7. The molecule has 0 saturated heterocycles. The van der Waals surface area contributed by atoms with Crippen LogP contribution in [0.1, 0.15) is 0 Å². The molecule has 0 heterocycles. The Kier molecular flexibility index (Phi) is 7.53. The quantitative estimate of drug-likeness (QED) is 0.217. The van der Waals surface area contributed by atoms with Gasteiger partial charge in [0.2, 0.25) is 0 Å². The molecular formula is C36H30Sn2. The van der Waals surface area contributed by atoms with Crippen molar-refractivity contribution in [2.24, 2.45) is 0 Å². The van der Waals surface area contributed by atoms with E-state index in [-0.39, 0.29) is 0 Å². The summed E-state index contributed by atoms with van der Waals surface area (Å²) in [6.07, 6.45) is 0. The second-order valence-electron chi connectivity index (χ2n) is 9.70. The van der Waals surface area contributed by atoms with Crippen LogP contribution in [0.4, 0.5) is 0 Å². The monoisotopic (exact) mass is 702 g/mol. The summed E-state index contributed by atoms with van der Waals surface area (Å²) in [6.45, 7) is 0. The molecule has 0 amide bonds. The predicted octanol–water partition coefficient (Wildman–Crippen LogP) is 4.41. The van der Waals surface area contributed by atoms with Crippen LogP contribution in [0.15, 0.2) is 182 Å². The van der Waals surface area contributed by atoms with Gasteiger partial charge in [-0.25, -0.2) is 0 Å². The Labute approximate surface area is 230 Å². The van der Waals surface area contributed by atoms with Crippen molar-refractivity contribution < 1.29 is 0 Å². The van der Waals surface area contributed by atoms with E-state index in [1.807, 2.05) is 0 Å². The molecule has 182 valence electrons. The van der Waals surface area contributed by atoms with Gasteiger partial charge in [-0.3, -0.25) is 0 Å². The predicted molar refractivity (Wildman–Crippen MR) is 168 cm³/mol. The molecule has 0 N–H and O–H groups in total. The first-order valence-electron chi connectivity index (χ1n) is 13.2. The van der Waals surface area contributed by atoms with E-state index in [0.717, 1.165) is 0 Å². The van der Waals surface area contributed by atoms with Crippen molar-refractivity contribution in [1.82, 2.24) is 0 Å². The SMILES string of the molecule is c1cc[c]([Sn]([c]2ccccc2)([c]2ccccc2)[Sn]([c]2ccccc2)([c]2ccccc2)[c]2ccccc2)cc1. The van der Waals surface area contributed by atoms with Gasteiger partial charge in [-0.2, -0.15) is 0 Å². The first kappa shape index (κ1) is 25.2. The molecule has 0 atom stereocenters. The van der Waals surface area contributed by atoms with Crippen LogP contribution in [0, 0.1) is 0 Å². The Morgan fingerprint density at radius 3 is 0.447 bits per heavy atom. The van der Waals surface area contributed by atoms with Crippen LogP contribution < -0.4 is 21.5 Å². The van der Waals surface area contributed by atoms with Gasteiger partial charge in [0.1, 0.15) is 0 Å². The van der Waals surface area contributed by atoms with Gasteiger partial charge in [0.15, 0.2) is 0 Å². The van der Waals surface area contributed by atoms with E-state index >= 15 is 0 Å². The van der Waals surface area contributed by atoms with Crippen molar-refractivity contribution in [2.45, 2.75) is 0 Å². The van der Waals surface area contributed by atoms with Crippen LogP contribution in [0.2, 0.25) is 0 Å². The summed E-state index contributed by atoms with van der Waals surface area (Å²) in [7, 11) is 0. The summed E-state index contributed by atoms with van der Waals surface area (Å²) in [4.78, 5) is 0. The van der Waals surface area contributed by atoms with Crippen LogP contribution in [0.25, 0.3) is 0 Å². The Morgan fingerprint density at radius 1 is 0.184 bits per heavy atom. The van der Waals surface area contributed by atoms with Crippen molar-refractivity contribution in [3.8, 4) is 0 Å². The van der Waals surface area contributed by atoms with Gasteiger partial charge in [-0.1, -0.05) is 0 Å². The molecule has 0 fully saturated rings. The molecule has 0 spiro atoms. The second-order valence-corrected chi connectivity index (χ2v) is 56.9. The van der Waals surface area contributed by atoms with E-state index in [4.69, 9.17) is 0 Å². The van der Waals surface area contributed by atoms with Crippen LogP contribution in [0.5, 0.6) is 0 Å². The van der Waals surface area contributed by atoms with Crippen LogP contribution in [-0.4, -0.2) is 28.9 Å². The molecule has 0 unspecified atom stereocenters. The Hall–Kier alpha value is -3.08. The molecule has 0 bridgehead atoms. The van der Waals surface area contributed by atoms with E-state index < -0.39 is 28.9 Å². The maximum absolute atomic E-state index is 3.91. The van der Waals surface area contributed by atoms with Crippen molar-refractivity contribution >= 4 is 50.3 Å². The topological polar surface area (TPSA) is 0 Å². The zero-order valence-corrected chi connectivity index (χ0v) is 27.0. The molecule has 6 aromatic rings. The molecule has 0 radical (unpaired) electrons. The van der Waals surface area contributed by atoms with Gasteiger partial charge in [-0.05, 0) is 0 Å². The second kappa shape index (κ2) is 11.3. The number of hydrogen-bond acceptors (Lipinski definition) is 0. The Morgan fingerprint density at radius 2 is 0.316 bits per heavy atom. The summed E-state index contributed by atoms with van der Waals surface area (Å²) in [6, 6.07) is 69.4. The third-order valence-corrected chi connectivity index (χ3v) is 86.3. The molecule has 0 aliphatic carbocycles. The molecule has 38 heavy (non-hydrogen) atoms. The molecule has 0 aliphatic heterocycles. The fourth-order valence-electron chi connectivity index (χ4n) is 6.43. The average Bonchev–Trinajstić information content (AvgIpc) is 3.02. The van der Waals surface area contributed by atoms with Gasteiger partial charge in [0.25, 0.3) is 0 Å². The first-order valence-corrected chi connectivity index (χ1v) is 32.8. The van der Waals surface area contributed by atoms with Crippen molar-refractivity contribution in [3.05, 3.63) is 182 Å². The van der Waals surface area contributed by atoms with Gasteiger partial charge in [0, 0.05) is 0 Å². The van der Waals surface area contributed by atoms with Gasteiger partial charge >= 0.3 is 232 Å². The van der Waals surface area contributed by atoms with Crippen molar-refractivity contribution in [3.63, 3.8) is 0 Å². The fourth-order valence-corrected chi connectivity index (χ4v) is 100. The molecule has 0 aliphatic rings. The molecule has 2 heteroatoms. The van der Waals surface area contributed by atoms with Crippen LogP contribution in [-0.2, 0) is 0 Å². The van der Waals surface area contributed by atoms with E-state index in [0.29, 0.717) is 0 Å². The maximum atomic E-state index is 2.44. The molecule has 6 rings (SSSR count). The third kappa shape index (κ3) is 4.15. The number of hydrogen-bond donors (Lipinski definition) is 0. The van der Waals surface area contributed by atoms with Gasteiger partial charge < -0.3 is 0 Å². The molecule has 0 saturated carbocycles. The fraction of sp³-hybridized carbons (Fsp3) is 0. The van der Waals surface area contributed by atoms with E-state index in [2.05, 4.69) is 182 Å². The first-order chi connectivity index (χ1) is 18.9. The van der Waals surface area contributed by atoms with Crippen molar-refractivity contribution in [2.75, 3.05) is 0 Å². The summed E-state index contributed by atoms with van der Waals surface area (Å²) < 4.78 is 9.29. The zero-order chi connectivity index (χ0) is 25.7. The van der Waals surface area contributed by atoms with E-state index in [1.165, 1.54) is 0 Å². The van der Waals surface area contributed by atoms with Crippen molar-refractivity contribution in [1.29, 1.82) is 0 Å². The van der Waals surface area contributed by atoms with Gasteiger partial charge in [-0.15, -0.1) is 0 Å². The van der Waals surface area contributed by atoms with Gasteiger partial charge in [0.05, 0.1) is 0 Å². The minimum absolute atomic E-state index is 1.55. The Balaban J connectivity index is 1.93. The van der Waals surface area contributed by atoms with Crippen LogP contribution >= 0.6 is 0 Å². The van der Waals surface area contributed by atoms with Crippen LogP contribution in [0.3, 0.4) is 0 Å². The summed E-state index contributed by atoms with van der Waals surface area (Å²) in [5.41, 5.74) is 0. The summed E-state index contributed by atoms with van der Waals surface area (Å²) in [5, 5.41) is 0. The summed E-state index contributed by atoms with van der Waals surface area (Å²) in [5.74, 6) is 0. The van der Waals surface area contributed by atoms with E-state index in [1.54, 1.807) is 21.5 Å². The molecule has 0 aromatic heterocycles. The van der Waals surface area contributed by atoms with E-state index in [9.17, 15) is 0 Å². The third-order valence-electron chi connectivity index (χ3n) is 7.80. The Bertz CT molecular complexity index is 1250. The normalized spacial score (nSPS) is 11.7. The minimum atomic E-state index is -3.91. The zero-order valence-electron chi connectivity index (χ0n) is 21.3. The molecule has 0 nitrogen and oxygen atoms in total. The average molecular weight is 700 g/mol. The summed E-state index contributed by atoms with van der Waals surface area (Å²) >= 11 is -7.82.